The predicted octanol–water partition coefficient (Wildman–Crippen LogP) is 3.72. The minimum Gasteiger partial charge on any atom is -0.396 e. The molecule has 1 saturated carbocycles. The monoisotopic (exact) mass is 285 g/mol. The van der Waals surface area contributed by atoms with E-state index in [1.807, 2.05) is 12.1 Å². The van der Waals surface area contributed by atoms with Gasteiger partial charge in [-0.15, -0.1) is 0 Å². The molecule has 0 bridgehead atoms. The Bertz CT molecular complexity index is 573. The average Bonchev–Trinajstić information content (AvgIpc) is 2.46. The Morgan fingerprint density at radius 1 is 1.00 bits per heavy atom. The Balaban J connectivity index is 1.51. The van der Waals surface area contributed by atoms with E-state index in [0.717, 1.165) is 24.1 Å². The van der Waals surface area contributed by atoms with E-state index < -0.39 is 0 Å². The van der Waals surface area contributed by atoms with Crippen LogP contribution < -0.4 is 5.32 Å². The molecule has 0 heterocycles. The average molecular weight is 285 g/mol. The van der Waals surface area contributed by atoms with Gasteiger partial charge in [0.25, 0.3) is 0 Å². The van der Waals surface area contributed by atoms with Crippen LogP contribution in [0.1, 0.15) is 29.9 Å². The molecule has 0 spiro atoms. The predicted molar refractivity (Wildman–Crippen MR) is 83.0 cm³/mol. The lowest BCUT2D eigenvalue weighted by Crippen LogP contribution is -2.33. The van der Waals surface area contributed by atoms with Crippen molar-refractivity contribution in [1.82, 2.24) is 0 Å². The van der Waals surface area contributed by atoms with Gasteiger partial charge in [0, 0.05) is 18.3 Å². The number of rotatable bonds is 5. The van der Waals surface area contributed by atoms with E-state index >= 15 is 0 Å². The smallest absolute Gasteiger partial charge is 0.123 e. The highest BCUT2D eigenvalue weighted by atomic mass is 19.1. The maximum Gasteiger partial charge on any atom is 0.123 e. The van der Waals surface area contributed by atoms with Crippen molar-refractivity contribution in [3.8, 4) is 0 Å². The SMILES string of the molecule is OCCc1ccc(NC2CC(c3ccc(F)cc3)C2)cc1. The summed E-state index contributed by atoms with van der Waals surface area (Å²) in [7, 11) is 0. The summed E-state index contributed by atoms with van der Waals surface area (Å²) in [6.07, 6.45) is 2.88. The van der Waals surface area contributed by atoms with Crippen LogP contribution in [0.4, 0.5) is 10.1 Å². The van der Waals surface area contributed by atoms with Crippen molar-refractivity contribution in [2.75, 3.05) is 11.9 Å². The molecule has 0 atom stereocenters. The highest BCUT2D eigenvalue weighted by molar-refractivity contribution is 5.46. The Kier molecular flexibility index (Phi) is 4.20. The van der Waals surface area contributed by atoms with Crippen LogP contribution in [0.2, 0.25) is 0 Å². The molecule has 2 aromatic rings. The zero-order chi connectivity index (χ0) is 14.7. The number of hydrogen-bond acceptors (Lipinski definition) is 2. The first-order valence-electron chi connectivity index (χ1n) is 7.46. The van der Waals surface area contributed by atoms with E-state index in [9.17, 15) is 4.39 Å². The zero-order valence-electron chi connectivity index (χ0n) is 11.9. The number of halogens is 1. The lowest BCUT2D eigenvalue weighted by molar-refractivity contribution is 0.299. The molecule has 2 N–H and O–H groups in total. The Morgan fingerprint density at radius 3 is 2.29 bits per heavy atom. The van der Waals surface area contributed by atoms with Gasteiger partial charge < -0.3 is 10.4 Å². The van der Waals surface area contributed by atoms with Gasteiger partial charge in [0.05, 0.1) is 0 Å². The third-order valence-corrected chi connectivity index (χ3v) is 4.20. The van der Waals surface area contributed by atoms with Gasteiger partial charge in [0.2, 0.25) is 0 Å². The Morgan fingerprint density at radius 2 is 1.67 bits per heavy atom. The van der Waals surface area contributed by atoms with Crippen LogP contribution in [0.5, 0.6) is 0 Å². The number of aliphatic hydroxyl groups excluding tert-OH is 1. The summed E-state index contributed by atoms with van der Waals surface area (Å²) in [5.41, 5.74) is 3.51. The fourth-order valence-electron chi connectivity index (χ4n) is 2.88. The maximum atomic E-state index is 12.9. The third-order valence-electron chi connectivity index (χ3n) is 4.20. The number of hydrogen-bond donors (Lipinski definition) is 2. The van der Waals surface area contributed by atoms with E-state index in [2.05, 4.69) is 29.6 Å². The largest absolute Gasteiger partial charge is 0.396 e. The molecule has 0 aromatic heterocycles. The molecule has 1 aliphatic carbocycles. The van der Waals surface area contributed by atoms with Crippen LogP contribution in [0.15, 0.2) is 48.5 Å². The fourth-order valence-corrected chi connectivity index (χ4v) is 2.88. The molecule has 3 heteroatoms. The maximum absolute atomic E-state index is 12.9. The van der Waals surface area contributed by atoms with Crippen molar-refractivity contribution in [1.29, 1.82) is 0 Å². The van der Waals surface area contributed by atoms with Crippen molar-refractivity contribution >= 4 is 5.69 Å². The zero-order valence-corrected chi connectivity index (χ0v) is 11.9. The second-order valence-corrected chi connectivity index (χ2v) is 5.73. The molecule has 0 radical (unpaired) electrons. The van der Waals surface area contributed by atoms with E-state index in [-0.39, 0.29) is 12.4 Å². The first kappa shape index (κ1) is 14.1. The number of aliphatic hydroxyl groups is 1. The molecular weight excluding hydrogens is 265 g/mol. The van der Waals surface area contributed by atoms with Crippen molar-refractivity contribution in [2.24, 2.45) is 0 Å². The van der Waals surface area contributed by atoms with Gasteiger partial charge in [-0.25, -0.2) is 4.39 Å². The summed E-state index contributed by atoms with van der Waals surface area (Å²) in [5, 5.41) is 12.4. The number of benzene rings is 2. The van der Waals surface area contributed by atoms with Crippen molar-refractivity contribution in [3.05, 3.63) is 65.5 Å². The third kappa shape index (κ3) is 3.42. The Labute approximate surface area is 124 Å². The van der Waals surface area contributed by atoms with Crippen LogP contribution in [0.3, 0.4) is 0 Å². The summed E-state index contributed by atoms with van der Waals surface area (Å²) in [5.74, 6) is 0.368. The van der Waals surface area contributed by atoms with Crippen molar-refractivity contribution in [2.45, 2.75) is 31.2 Å². The van der Waals surface area contributed by atoms with Gasteiger partial charge in [-0.05, 0) is 60.6 Å². The van der Waals surface area contributed by atoms with Crippen molar-refractivity contribution in [3.63, 3.8) is 0 Å². The van der Waals surface area contributed by atoms with Gasteiger partial charge >= 0.3 is 0 Å². The second kappa shape index (κ2) is 6.27. The van der Waals surface area contributed by atoms with Gasteiger partial charge in [0.1, 0.15) is 5.82 Å². The second-order valence-electron chi connectivity index (χ2n) is 5.73. The number of anilines is 1. The minimum atomic E-state index is -0.171. The molecule has 2 nitrogen and oxygen atoms in total. The molecule has 0 amide bonds. The van der Waals surface area contributed by atoms with E-state index in [4.69, 9.17) is 5.11 Å². The number of nitrogens with one attached hydrogen (secondary N) is 1. The molecule has 3 rings (SSSR count). The molecule has 0 saturated heterocycles. The van der Waals surface area contributed by atoms with Crippen LogP contribution in [-0.4, -0.2) is 17.8 Å². The van der Waals surface area contributed by atoms with Crippen LogP contribution in [0.25, 0.3) is 0 Å². The highest BCUT2D eigenvalue weighted by Crippen LogP contribution is 2.38. The Hall–Kier alpha value is -1.87. The van der Waals surface area contributed by atoms with Crippen LogP contribution in [-0.2, 0) is 6.42 Å². The molecule has 0 unspecified atom stereocenters. The molecule has 110 valence electrons. The lowest BCUT2D eigenvalue weighted by atomic mass is 9.76. The standard InChI is InChI=1S/C18H20FNO/c19-16-5-3-14(4-6-16)15-11-18(12-15)20-17-7-1-13(2-8-17)9-10-21/h1-8,15,18,20-21H,9-12H2. The van der Waals surface area contributed by atoms with Crippen LogP contribution >= 0.6 is 0 Å². The first-order chi connectivity index (χ1) is 10.2. The van der Waals surface area contributed by atoms with E-state index in [0.29, 0.717) is 18.4 Å². The first-order valence-corrected chi connectivity index (χ1v) is 7.46. The van der Waals surface area contributed by atoms with E-state index in [1.165, 1.54) is 17.7 Å². The van der Waals surface area contributed by atoms with Crippen LogP contribution in [0, 0.1) is 5.82 Å². The summed E-state index contributed by atoms with van der Waals surface area (Å²) >= 11 is 0. The fraction of sp³-hybridized carbons (Fsp3) is 0.333. The molecular formula is C18H20FNO. The van der Waals surface area contributed by atoms with Crippen molar-refractivity contribution < 1.29 is 9.50 Å². The molecule has 21 heavy (non-hydrogen) atoms. The van der Waals surface area contributed by atoms with Gasteiger partial charge in [-0.1, -0.05) is 24.3 Å². The van der Waals surface area contributed by atoms with E-state index in [1.54, 1.807) is 0 Å². The summed E-state index contributed by atoms with van der Waals surface area (Å²) in [6, 6.07) is 15.6. The lowest BCUT2D eigenvalue weighted by Gasteiger charge is -2.37. The summed E-state index contributed by atoms with van der Waals surface area (Å²) in [4.78, 5) is 0. The van der Waals surface area contributed by atoms with Gasteiger partial charge in [-0.2, -0.15) is 0 Å². The van der Waals surface area contributed by atoms with Gasteiger partial charge in [0.15, 0.2) is 0 Å². The normalized spacial score (nSPS) is 20.9. The molecule has 2 aromatic carbocycles. The van der Waals surface area contributed by atoms with Gasteiger partial charge in [-0.3, -0.25) is 0 Å². The molecule has 0 aliphatic heterocycles. The quantitative estimate of drug-likeness (QED) is 0.877. The summed E-state index contributed by atoms with van der Waals surface area (Å²) in [6.45, 7) is 0.189. The molecule has 1 aliphatic rings. The minimum absolute atomic E-state index is 0.171. The summed E-state index contributed by atoms with van der Waals surface area (Å²) < 4.78 is 12.9. The highest BCUT2D eigenvalue weighted by Gasteiger charge is 2.30. The topological polar surface area (TPSA) is 32.3 Å². The molecule has 1 fully saturated rings.